The number of amides is 2. The molecule has 0 radical (unpaired) electrons. The van der Waals surface area contributed by atoms with Gasteiger partial charge in [0.15, 0.2) is 0 Å². The molecule has 3 aliphatic rings. The Hall–Kier alpha value is -3.35. The Morgan fingerprint density at radius 2 is 1.71 bits per heavy atom. The second-order valence-electron chi connectivity index (χ2n) is 10.2. The van der Waals surface area contributed by atoms with Gasteiger partial charge < -0.3 is 20.5 Å². The van der Waals surface area contributed by atoms with Crippen LogP contribution in [0.1, 0.15) is 56.1 Å². The van der Waals surface area contributed by atoms with Gasteiger partial charge in [-0.2, -0.15) is 0 Å². The van der Waals surface area contributed by atoms with Gasteiger partial charge in [0.05, 0.1) is 11.3 Å². The van der Waals surface area contributed by atoms with Gasteiger partial charge in [0, 0.05) is 18.5 Å². The van der Waals surface area contributed by atoms with Gasteiger partial charge in [-0.05, 0) is 53.9 Å². The topological polar surface area (TPSA) is 105 Å². The quantitative estimate of drug-likeness (QED) is 0.500. The number of alkyl carbamates (subject to hydrolysis) is 1. The van der Waals surface area contributed by atoms with E-state index in [9.17, 15) is 19.5 Å². The minimum Gasteiger partial charge on any atom is -0.481 e. The number of ether oxygens (including phenoxy) is 1. The third-order valence-electron chi connectivity index (χ3n) is 8.03. The number of carbonyl (C=O) groups excluding carboxylic acids is 2. The van der Waals surface area contributed by atoms with Gasteiger partial charge in [-0.15, -0.1) is 0 Å². The summed E-state index contributed by atoms with van der Waals surface area (Å²) in [5.41, 5.74) is 4.02. The van der Waals surface area contributed by atoms with E-state index < -0.39 is 17.5 Å². The van der Waals surface area contributed by atoms with Gasteiger partial charge in [0.1, 0.15) is 6.61 Å². The number of carbonyl (C=O) groups is 3. The fourth-order valence-electron chi connectivity index (χ4n) is 6.11. The number of aliphatic carboxylic acids is 1. The standard InChI is InChI=1S/C28H32N2O5/c1-2-7-17(25(31)30-19-12-18-13-28(18,14-19)26(32)33)15-29-27(34)35-16-24-22-10-5-3-8-20(22)21-9-4-6-11-23(21)24/h3-6,8-11,17-19,24H,2,7,12-16H2,1H3,(H,29,34)(H,30,31)(H,32,33). The lowest BCUT2D eigenvalue weighted by molar-refractivity contribution is -0.144. The molecule has 3 N–H and O–H groups in total. The van der Waals surface area contributed by atoms with Crippen LogP contribution in [0.2, 0.25) is 0 Å². The zero-order valence-corrected chi connectivity index (χ0v) is 20.0. The van der Waals surface area contributed by atoms with Crippen molar-refractivity contribution in [3.8, 4) is 11.1 Å². The van der Waals surface area contributed by atoms with Gasteiger partial charge in [-0.3, -0.25) is 9.59 Å². The molecular weight excluding hydrogens is 444 g/mol. The first-order valence-electron chi connectivity index (χ1n) is 12.6. The molecule has 0 spiro atoms. The van der Waals surface area contributed by atoms with Crippen LogP contribution < -0.4 is 10.6 Å². The highest BCUT2D eigenvalue weighted by atomic mass is 16.5. The van der Waals surface area contributed by atoms with Gasteiger partial charge in [-0.1, -0.05) is 61.9 Å². The Kier molecular flexibility index (Phi) is 6.26. The molecule has 2 amide bonds. The van der Waals surface area contributed by atoms with Gasteiger partial charge in [0.25, 0.3) is 0 Å². The van der Waals surface area contributed by atoms with Crippen molar-refractivity contribution in [2.24, 2.45) is 17.3 Å². The molecule has 35 heavy (non-hydrogen) atoms. The number of benzene rings is 2. The number of fused-ring (bicyclic) bond motifs is 4. The average Bonchev–Trinajstić information content (AvgIpc) is 3.29. The largest absolute Gasteiger partial charge is 0.481 e. The summed E-state index contributed by atoms with van der Waals surface area (Å²) in [5.74, 6) is -1.09. The number of rotatable bonds is 9. The normalized spacial score (nSPS) is 24.6. The van der Waals surface area contributed by atoms with Crippen LogP contribution in [0.5, 0.6) is 0 Å². The summed E-state index contributed by atoms with van der Waals surface area (Å²) in [7, 11) is 0. The molecule has 0 aliphatic heterocycles. The van der Waals surface area contributed by atoms with E-state index in [1.807, 2.05) is 31.2 Å². The number of hydrogen-bond donors (Lipinski definition) is 3. The third kappa shape index (κ3) is 4.40. The number of carboxylic acid groups (broad SMARTS) is 1. The minimum atomic E-state index is -0.749. The van der Waals surface area contributed by atoms with Crippen LogP contribution in [0.15, 0.2) is 48.5 Å². The molecule has 4 unspecified atom stereocenters. The van der Waals surface area contributed by atoms with E-state index in [0.29, 0.717) is 12.8 Å². The van der Waals surface area contributed by atoms with Crippen molar-refractivity contribution in [2.45, 2.75) is 51.0 Å². The second-order valence-corrected chi connectivity index (χ2v) is 10.2. The highest BCUT2D eigenvalue weighted by Gasteiger charge is 2.65. The first-order chi connectivity index (χ1) is 16.9. The second kappa shape index (κ2) is 9.36. The van der Waals surface area contributed by atoms with E-state index in [4.69, 9.17) is 4.74 Å². The summed E-state index contributed by atoms with van der Waals surface area (Å²) in [6.07, 6.45) is 2.84. The molecule has 2 aromatic carbocycles. The predicted molar refractivity (Wildman–Crippen MR) is 131 cm³/mol. The lowest BCUT2D eigenvalue weighted by Gasteiger charge is -2.21. The van der Waals surface area contributed by atoms with Crippen LogP contribution in [0.4, 0.5) is 4.79 Å². The van der Waals surface area contributed by atoms with Gasteiger partial charge in [0.2, 0.25) is 5.91 Å². The molecule has 2 saturated carbocycles. The van der Waals surface area contributed by atoms with E-state index in [2.05, 4.69) is 34.9 Å². The van der Waals surface area contributed by atoms with Crippen LogP contribution in [0.25, 0.3) is 11.1 Å². The van der Waals surface area contributed by atoms with Crippen LogP contribution in [0.3, 0.4) is 0 Å². The third-order valence-corrected chi connectivity index (χ3v) is 8.03. The average molecular weight is 477 g/mol. The molecule has 7 heteroatoms. The molecule has 0 saturated heterocycles. The van der Waals surface area contributed by atoms with Crippen molar-refractivity contribution in [2.75, 3.05) is 13.2 Å². The van der Waals surface area contributed by atoms with Crippen molar-refractivity contribution in [3.05, 3.63) is 59.7 Å². The van der Waals surface area contributed by atoms with Crippen LogP contribution in [0, 0.1) is 17.3 Å². The first kappa shape index (κ1) is 23.4. The Labute approximate surface area is 205 Å². The molecule has 184 valence electrons. The number of nitrogens with one attached hydrogen (secondary N) is 2. The first-order valence-corrected chi connectivity index (χ1v) is 12.6. The Morgan fingerprint density at radius 3 is 2.31 bits per heavy atom. The lowest BCUT2D eigenvalue weighted by atomic mass is 9.98. The highest BCUT2D eigenvalue weighted by molar-refractivity contribution is 5.82. The van der Waals surface area contributed by atoms with Crippen molar-refractivity contribution < 1.29 is 24.2 Å². The summed E-state index contributed by atoms with van der Waals surface area (Å²) in [5, 5.41) is 15.3. The maximum atomic E-state index is 12.9. The molecule has 5 rings (SSSR count). The van der Waals surface area contributed by atoms with Gasteiger partial charge >= 0.3 is 12.1 Å². The molecule has 0 aromatic heterocycles. The summed E-state index contributed by atoms with van der Waals surface area (Å²) < 4.78 is 5.59. The zero-order chi connectivity index (χ0) is 24.6. The smallest absolute Gasteiger partial charge is 0.407 e. The molecule has 7 nitrogen and oxygen atoms in total. The molecule has 0 heterocycles. The molecule has 2 fully saturated rings. The fraction of sp³-hybridized carbons (Fsp3) is 0.464. The fourth-order valence-corrected chi connectivity index (χ4v) is 6.11. The predicted octanol–water partition coefficient (Wildman–Crippen LogP) is 4.31. The number of hydrogen-bond acceptors (Lipinski definition) is 4. The lowest BCUT2D eigenvalue weighted by Crippen LogP contribution is -2.43. The van der Waals surface area contributed by atoms with Crippen LogP contribution in [-0.2, 0) is 14.3 Å². The maximum absolute atomic E-state index is 12.9. The molecular formula is C28H32N2O5. The maximum Gasteiger partial charge on any atom is 0.407 e. The van der Waals surface area contributed by atoms with Crippen molar-refractivity contribution in [1.82, 2.24) is 10.6 Å². The van der Waals surface area contributed by atoms with E-state index in [1.165, 1.54) is 11.1 Å². The van der Waals surface area contributed by atoms with Crippen molar-refractivity contribution in [3.63, 3.8) is 0 Å². The summed E-state index contributed by atoms with van der Waals surface area (Å²) >= 11 is 0. The Bertz CT molecular complexity index is 1100. The van der Waals surface area contributed by atoms with E-state index >= 15 is 0 Å². The summed E-state index contributed by atoms with van der Waals surface area (Å²) in [6.45, 7) is 2.42. The summed E-state index contributed by atoms with van der Waals surface area (Å²) in [6, 6.07) is 16.2. The number of carboxylic acids is 1. The SMILES string of the molecule is CCCC(CNC(=O)OCC1c2ccccc2-c2ccccc21)C(=O)NC1CC2CC2(C(=O)O)C1. The highest BCUT2D eigenvalue weighted by Crippen LogP contribution is 2.63. The summed E-state index contributed by atoms with van der Waals surface area (Å²) in [4.78, 5) is 37.0. The Morgan fingerprint density at radius 1 is 1.06 bits per heavy atom. The van der Waals surface area contributed by atoms with E-state index in [-0.39, 0.29) is 42.9 Å². The van der Waals surface area contributed by atoms with E-state index in [1.54, 1.807) is 0 Å². The minimum absolute atomic E-state index is 0.0155. The van der Waals surface area contributed by atoms with Crippen molar-refractivity contribution >= 4 is 18.0 Å². The monoisotopic (exact) mass is 476 g/mol. The van der Waals surface area contributed by atoms with Crippen molar-refractivity contribution in [1.29, 1.82) is 0 Å². The van der Waals surface area contributed by atoms with E-state index in [0.717, 1.165) is 30.4 Å². The van der Waals surface area contributed by atoms with Gasteiger partial charge in [-0.25, -0.2) is 4.79 Å². The van der Waals surface area contributed by atoms with Crippen LogP contribution >= 0.6 is 0 Å². The molecule has 2 aromatic rings. The zero-order valence-electron chi connectivity index (χ0n) is 20.0. The van der Waals surface area contributed by atoms with Crippen LogP contribution in [-0.4, -0.2) is 42.3 Å². The molecule has 0 bridgehead atoms. The molecule has 3 aliphatic carbocycles. The molecule has 4 atom stereocenters. The Balaban J connectivity index is 1.14.